The first kappa shape index (κ1) is 14.9. The van der Waals surface area contributed by atoms with Gasteiger partial charge in [-0.2, -0.15) is 0 Å². The van der Waals surface area contributed by atoms with E-state index in [2.05, 4.69) is 24.4 Å². The van der Waals surface area contributed by atoms with Crippen molar-refractivity contribution in [1.82, 2.24) is 5.32 Å². The molecule has 1 aliphatic rings. The Kier molecular flexibility index (Phi) is 6.19. The molecule has 1 atom stereocenters. The predicted octanol–water partition coefficient (Wildman–Crippen LogP) is 5.35. The first-order chi connectivity index (χ1) is 9.29. The van der Waals surface area contributed by atoms with Crippen molar-refractivity contribution in [1.29, 1.82) is 0 Å². The van der Waals surface area contributed by atoms with Gasteiger partial charge >= 0.3 is 0 Å². The lowest BCUT2D eigenvalue weighted by Gasteiger charge is -2.20. The van der Waals surface area contributed by atoms with Crippen LogP contribution in [0.2, 0.25) is 5.02 Å². The van der Waals surface area contributed by atoms with E-state index in [1.54, 1.807) is 0 Å². The summed E-state index contributed by atoms with van der Waals surface area (Å²) in [5, 5.41) is 4.56. The molecule has 1 unspecified atom stereocenters. The molecule has 0 aliphatic heterocycles. The summed E-state index contributed by atoms with van der Waals surface area (Å²) in [6, 6.07) is 8.80. The standard InChI is InChI=1S/C17H26ClN/c1-2-5-17(15-8-10-16(18)11-9-15)19-13-12-14-6-3-4-7-14/h8-11,14,17,19H,2-7,12-13H2,1H3. The zero-order chi connectivity index (χ0) is 13.5. The first-order valence-corrected chi connectivity index (χ1v) is 8.16. The van der Waals surface area contributed by atoms with E-state index in [1.807, 2.05) is 12.1 Å². The van der Waals surface area contributed by atoms with Crippen LogP contribution >= 0.6 is 11.6 Å². The fourth-order valence-electron chi connectivity index (χ4n) is 3.13. The molecule has 0 amide bonds. The van der Waals surface area contributed by atoms with E-state index in [9.17, 15) is 0 Å². The van der Waals surface area contributed by atoms with Gasteiger partial charge in [-0.1, -0.05) is 62.8 Å². The van der Waals surface area contributed by atoms with Crippen molar-refractivity contribution in [2.75, 3.05) is 6.54 Å². The van der Waals surface area contributed by atoms with Crippen LogP contribution in [0.1, 0.15) is 63.5 Å². The van der Waals surface area contributed by atoms with Crippen molar-refractivity contribution < 1.29 is 0 Å². The Bertz CT molecular complexity index is 354. The molecule has 0 saturated heterocycles. The van der Waals surface area contributed by atoms with E-state index >= 15 is 0 Å². The molecule has 0 spiro atoms. The Morgan fingerprint density at radius 3 is 2.53 bits per heavy atom. The molecule has 19 heavy (non-hydrogen) atoms. The molecule has 0 heterocycles. The summed E-state index contributed by atoms with van der Waals surface area (Å²) in [7, 11) is 0. The van der Waals surface area contributed by atoms with Gasteiger partial charge in [-0.25, -0.2) is 0 Å². The molecule has 1 nitrogen and oxygen atoms in total. The van der Waals surface area contributed by atoms with Crippen LogP contribution in [0.5, 0.6) is 0 Å². The molecule has 1 aliphatic carbocycles. The second-order valence-corrected chi connectivity index (χ2v) is 6.22. The molecular formula is C17H26ClN. The van der Waals surface area contributed by atoms with Gasteiger partial charge in [0.2, 0.25) is 0 Å². The topological polar surface area (TPSA) is 12.0 Å². The number of halogens is 1. The van der Waals surface area contributed by atoms with Gasteiger partial charge in [0.25, 0.3) is 0 Å². The summed E-state index contributed by atoms with van der Waals surface area (Å²) in [5.41, 5.74) is 1.37. The van der Waals surface area contributed by atoms with E-state index < -0.39 is 0 Å². The number of benzene rings is 1. The van der Waals surface area contributed by atoms with Gasteiger partial charge in [-0.05, 0) is 43.0 Å². The minimum Gasteiger partial charge on any atom is -0.310 e. The summed E-state index contributed by atoms with van der Waals surface area (Å²) in [6.07, 6.45) is 9.53. The van der Waals surface area contributed by atoms with Gasteiger partial charge in [-0.3, -0.25) is 0 Å². The normalized spacial score (nSPS) is 17.8. The Morgan fingerprint density at radius 2 is 1.89 bits per heavy atom. The zero-order valence-electron chi connectivity index (χ0n) is 12.0. The van der Waals surface area contributed by atoms with Gasteiger partial charge in [0.1, 0.15) is 0 Å². The third-order valence-electron chi connectivity index (χ3n) is 4.27. The van der Waals surface area contributed by atoms with E-state index in [0.29, 0.717) is 6.04 Å². The summed E-state index contributed by atoms with van der Waals surface area (Å²) < 4.78 is 0. The molecule has 1 aromatic rings. The average Bonchev–Trinajstić information content (AvgIpc) is 2.92. The van der Waals surface area contributed by atoms with Gasteiger partial charge in [-0.15, -0.1) is 0 Å². The van der Waals surface area contributed by atoms with Crippen molar-refractivity contribution in [3.63, 3.8) is 0 Å². The van der Waals surface area contributed by atoms with E-state index in [-0.39, 0.29) is 0 Å². The number of hydrogen-bond donors (Lipinski definition) is 1. The Balaban J connectivity index is 1.82. The summed E-state index contributed by atoms with van der Waals surface area (Å²) in [6.45, 7) is 3.40. The van der Waals surface area contributed by atoms with Crippen molar-refractivity contribution in [3.8, 4) is 0 Å². The van der Waals surface area contributed by atoms with Crippen molar-refractivity contribution in [2.45, 2.75) is 57.9 Å². The number of rotatable bonds is 7. The molecule has 0 radical (unpaired) electrons. The molecule has 1 N–H and O–H groups in total. The van der Waals surface area contributed by atoms with Gasteiger partial charge < -0.3 is 5.32 Å². The maximum atomic E-state index is 5.96. The smallest absolute Gasteiger partial charge is 0.0406 e. The molecular weight excluding hydrogens is 254 g/mol. The second-order valence-electron chi connectivity index (χ2n) is 5.79. The van der Waals surface area contributed by atoms with Gasteiger partial charge in [0.05, 0.1) is 0 Å². The lowest BCUT2D eigenvalue weighted by atomic mass is 10.0. The quantitative estimate of drug-likeness (QED) is 0.709. The molecule has 1 fully saturated rings. The third kappa shape index (κ3) is 4.81. The fourth-order valence-corrected chi connectivity index (χ4v) is 3.26. The minimum atomic E-state index is 0.490. The van der Waals surface area contributed by atoms with Crippen molar-refractivity contribution >= 4 is 11.6 Å². The lowest BCUT2D eigenvalue weighted by Crippen LogP contribution is -2.23. The Morgan fingerprint density at radius 1 is 1.21 bits per heavy atom. The Hall–Kier alpha value is -0.530. The first-order valence-electron chi connectivity index (χ1n) is 7.78. The van der Waals surface area contributed by atoms with Crippen LogP contribution in [0.3, 0.4) is 0 Å². The minimum absolute atomic E-state index is 0.490. The highest BCUT2D eigenvalue weighted by molar-refractivity contribution is 6.30. The largest absolute Gasteiger partial charge is 0.310 e. The highest BCUT2D eigenvalue weighted by Gasteiger charge is 2.15. The van der Waals surface area contributed by atoms with Crippen molar-refractivity contribution in [2.24, 2.45) is 5.92 Å². The predicted molar refractivity (Wildman–Crippen MR) is 83.7 cm³/mol. The zero-order valence-corrected chi connectivity index (χ0v) is 12.8. The third-order valence-corrected chi connectivity index (χ3v) is 4.52. The van der Waals surface area contributed by atoms with E-state index in [4.69, 9.17) is 11.6 Å². The van der Waals surface area contributed by atoms with Crippen LogP contribution in [-0.2, 0) is 0 Å². The molecule has 2 rings (SSSR count). The maximum absolute atomic E-state index is 5.96. The van der Waals surface area contributed by atoms with E-state index in [1.165, 1.54) is 50.5 Å². The molecule has 0 aromatic heterocycles. The molecule has 2 heteroatoms. The molecule has 106 valence electrons. The van der Waals surface area contributed by atoms with Gasteiger partial charge in [0, 0.05) is 11.1 Å². The molecule has 0 bridgehead atoms. The van der Waals surface area contributed by atoms with Crippen LogP contribution in [0.4, 0.5) is 0 Å². The highest BCUT2D eigenvalue weighted by atomic mass is 35.5. The van der Waals surface area contributed by atoms with E-state index in [0.717, 1.165) is 17.5 Å². The second kappa shape index (κ2) is 7.91. The maximum Gasteiger partial charge on any atom is 0.0406 e. The fraction of sp³-hybridized carbons (Fsp3) is 0.647. The van der Waals surface area contributed by atoms with Crippen molar-refractivity contribution in [3.05, 3.63) is 34.9 Å². The highest BCUT2D eigenvalue weighted by Crippen LogP contribution is 2.27. The molecule has 1 aromatic carbocycles. The SMILES string of the molecule is CCCC(NCCC1CCCC1)c1ccc(Cl)cc1. The number of hydrogen-bond acceptors (Lipinski definition) is 1. The summed E-state index contributed by atoms with van der Waals surface area (Å²) >= 11 is 5.96. The average molecular weight is 280 g/mol. The van der Waals surface area contributed by atoms with Crippen LogP contribution in [-0.4, -0.2) is 6.54 Å². The van der Waals surface area contributed by atoms with Crippen LogP contribution in [0.25, 0.3) is 0 Å². The van der Waals surface area contributed by atoms with Crippen LogP contribution in [0, 0.1) is 5.92 Å². The lowest BCUT2D eigenvalue weighted by molar-refractivity contribution is 0.430. The van der Waals surface area contributed by atoms with Crippen LogP contribution in [0.15, 0.2) is 24.3 Å². The molecule has 1 saturated carbocycles. The summed E-state index contributed by atoms with van der Waals surface area (Å²) in [5.74, 6) is 0.972. The van der Waals surface area contributed by atoms with Gasteiger partial charge in [0.15, 0.2) is 0 Å². The Labute approximate surface area is 122 Å². The number of nitrogens with one attached hydrogen (secondary N) is 1. The monoisotopic (exact) mass is 279 g/mol. The summed E-state index contributed by atoms with van der Waals surface area (Å²) in [4.78, 5) is 0. The van der Waals surface area contributed by atoms with Crippen LogP contribution < -0.4 is 5.32 Å².